The van der Waals surface area contributed by atoms with E-state index < -0.39 is 5.56 Å². The van der Waals surface area contributed by atoms with Crippen molar-refractivity contribution in [2.75, 3.05) is 12.0 Å². The molecule has 0 aliphatic rings. The number of hydrogen-bond acceptors (Lipinski definition) is 5. The van der Waals surface area contributed by atoms with Crippen LogP contribution in [0.1, 0.15) is 37.0 Å². The van der Waals surface area contributed by atoms with Crippen LogP contribution >= 0.6 is 11.8 Å². The van der Waals surface area contributed by atoms with Gasteiger partial charge in [0.05, 0.1) is 5.56 Å². The fourth-order valence-corrected chi connectivity index (χ4v) is 2.80. The van der Waals surface area contributed by atoms with E-state index in [1.54, 1.807) is 11.8 Å². The van der Waals surface area contributed by atoms with E-state index in [-0.39, 0.29) is 17.0 Å². The molecule has 23 heavy (non-hydrogen) atoms. The number of rotatable bonds is 6. The Hall–Kier alpha value is -2.08. The van der Waals surface area contributed by atoms with Gasteiger partial charge in [-0.05, 0) is 31.7 Å². The third kappa shape index (κ3) is 3.47. The number of Topliss-reactive ketones (excluding diaryl/α,β-unsaturated/α-hetero) is 1. The first-order chi connectivity index (χ1) is 11.0. The van der Waals surface area contributed by atoms with Gasteiger partial charge in [0.15, 0.2) is 5.78 Å². The van der Waals surface area contributed by atoms with Gasteiger partial charge >= 0.3 is 0 Å². The maximum Gasteiger partial charge on any atom is 0.290 e. The molecule has 1 aromatic carbocycles. The quantitative estimate of drug-likeness (QED) is 0.649. The minimum atomic E-state index is -0.406. The van der Waals surface area contributed by atoms with Gasteiger partial charge in [0.2, 0.25) is 0 Å². The molecule has 0 saturated carbocycles. The van der Waals surface area contributed by atoms with E-state index in [9.17, 15) is 9.59 Å². The number of anilines is 1. The summed E-state index contributed by atoms with van der Waals surface area (Å²) in [6.45, 7) is 4.14. The fraction of sp³-hybridized carbons (Fsp3) is 0.353. The highest BCUT2D eigenvalue weighted by atomic mass is 32.2. The number of benzene rings is 1. The van der Waals surface area contributed by atoms with Crippen molar-refractivity contribution in [1.29, 1.82) is 0 Å². The summed E-state index contributed by atoms with van der Waals surface area (Å²) in [7, 11) is 0. The standard InChI is InChI=1S/C17H21N3O2S/c1-4-6-13(21)14-15(18)17(22)20(5-2)19-16(14)11-7-9-12(23-3)10-8-11/h7-10H,4-6,18H2,1-3H3. The second kappa shape index (κ2) is 7.46. The van der Waals surface area contributed by atoms with Gasteiger partial charge in [0.1, 0.15) is 11.4 Å². The van der Waals surface area contributed by atoms with Crippen LogP contribution in [0.3, 0.4) is 0 Å². The Kier molecular flexibility index (Phi) is 5.60. The number of nitrogens with two attached hydrogens (primary N) is 1. The van der Waals surface area contributed by atoms with Gasteiger partial charge in [-0.2, -0.15) is 5.10 Å². The molecule has 0 fully saturated rings. The number of carbonyl (C=O) groups excluding carboxylic acids is 1. The zero-order valence-electron chi connectivity index (χ0n) is 13.6. The molecule has 2 aromatic rings. The molecular formula is C17H21N3O2S. The first-order valence-electron chi connectivity index (χ1n) is 7.61. The molecule has 0 saturated heterocycles. The monoisotopic (exact) mass is 331 g/mol. The van der Waals surface area contributed by atoms with Crippen molar-refractivity contribution in [3.8, 4) is 11.3 Å². The molecule has 0 atom stereocenters. The number of hydrogen-bond donors (Lipinski definition) is 1. The molecule has 0 amide bonds. The molecule has 0 aliphatic heterocycles. The number of carbonyl (C=O) groups is 1. The van der Waals surface area contributed by atoms with Crippen LogP contribution in [0, 0.1) is 0 Å². The Morgan fingerprint density at radius 3 is 2.43 bits per heavy atom. The van der Waals surface area contributed by atoms with Gasteiger partial charge in [-0.3, -0.25) is 9.59 Å². The van der Waals surface area contributed by atoms with E-state index in [4.69, 9.17) is 5.73 Å². The van der Waals surface area contributed by atoms with Gasteiger partial charge in [0.25, 0.3) is 5.56 Å². The molecule has 122 valence electrons. The lowest BCUT2D eigenvalue weighted by atomic mass is 9.99. The molecule has 2 N–H and O–H groups in total. The highest BCUT2D eigenvalue weighted by molar-refractivity contribution is 7.98. The normalized spacial score (nSPS) is 10.7. The lowest BCUT2D eigenvalue weighted by Gasteiger charge is -2.13. The van der Waals surface area contributed by atoms with Gasteiger partial charge < -0.3 is 5.73 Å². The van der Waals surface area contributed by atoms with Crippen molar-refractivity contribution >= 4 is 23.2 Å². The summed E-state index contributed by atoms with van der Waals surface area (Å²) >= 11 is 1.64. The van der Waals surface area contributed by atoms with E-state index in [0.29, 0.717) is 25.1 Å². The Morgan fingerprint density at radius 1 is 1.26 bits per heavy atom. The summed E-state index contributed by atoms with van der Waals surface area (Å²) in [5.74, 6) is -0.137. The number of thioether (sulfide) groups is 1. The smallest absolute Gasteiger partial charge is 0.290 e. The SMILES string of the molecule is CCCC(=O)c1c(-c2ccc(SC)cc2)nn(CC)c(=O)c1N. The number of aromatic nitrogens is 2. The zero-order chi connectivity index (χ0) is 17.0. The summed E-state index contributed by atoms with van der Waals surface area (Å²) in [5, 5.41) is 4.38. The number of aryl methyl sites for hydroxylation is 1. The van der Waals surface area contributed by atoms with Crippen molar-refractivity contribution < 1.29 is 4.79 Å². The lowest BCUT2D eigenvalue weighted by Crippen LogP contribution is -2.28. The van der Waals surface area contributed by atoms with E-state index in [1.807, 2.05) is 44.4 Å². The van der Waals surface area contributed by atoms with Crippen LogP contribution in [0.5, 0.6) is 0 Å². The summed E-state index contributed by atoms with van der Waals surface area (Å²) in [6, 6.07) is 7.74. The predicted molar refractivity (Wildman–Crippen MR) is 95.0 cm³/mol. The summed E-state index contributed by atoms with van der Waals surface area (Å²) < 4.78 is 1.30. The average Bonchev–Trinajstić information content (AvgIpc) is 2.57. The number of nitrogen functional groups attached to an aromatic ring is 1. The Morgan fingerprint density at radius 2 is 1.91 bits per heavy atom. The van der Waals surface area contributed by atoms with Crippen molar-refractivity contribution in [2.24, 2.45) is 0 Å². The van der Waals surface area contributed by atoms with E-state index in [0.717, 1.165) is 10.5 Å². The zero-order valence-corrected chi connectivity index (χ0v) is 14.4. The van der Waals surface area contributed by atoms with Crippen molar-refractivity contribution in [2.45, 2.75) is 38.1 Å². The molecule has 5 nitrogen and oxygen atoms in total. The average molecular weight is 331 g/mol. The van der Waals surface area contributed by atoms with Crippen LogP contribution in [0.2, 0.25) is 0 Å². The molecule has 0 bridgehead atoms. The number of nitrogens with zero attached hydrogens (tertiary/aromatic N) is 2. The molecule has 0 unspecified atom stereocenters. The van der Waals surface area contributed by atoms with Crippen LogP contribution in [-0.2, 0) is 6.54 Å². The van der Waals surface area contributed by atoms with Gasteiger partial charge in [-0.25, -0.2) is 4.68 Å². The fourth-order valence-electron chi connectivity index (χ4n) is 2.39. The van der Waals surface area contributed by atoms with Crippen LogP contribution < -0.4 is 11.3 Å². The minimum Gasteiger partial charge on any atom is -0.394 e. The topological polar surface area (TPSA) is 78.0 Å². The molecule has 0 spiro atoms. The lowest BCUT2D eigenvalue weighted by molar-refractivity contribution is 0.0982. The van der Waals surface area contributed by atoms with E-state index >= 15 is 0 Å². The largest absolute Gasteiger partial charge is 0.394 e. The van der Waals surface area contributed by atoms with Crippen molar-refractivity contribution in [3.05, 3.63) is 40.2 Å². The Bertz CT molecular complexity index is 767. The molecule has 1 aromatic heterocycles. The molecule has 2 rings (SSSR count). The van der Waals surface area contributed by atoms with Crippen LogP contribution in [0.15, 0.2) is 34.0 Å². The third-order valence-electron chi connectivity index (χ3n) is 3.61. The molecule has 0 aliphatic carbocycles. The minimum absolute atomic E-state index is 0.00996. The van der Waals surface area contributed by atoms with Crippen LogP contribution in [-0.4, -0.2) is 21.8 Å². The number of ketones is 1. The Labute approximate surface area is 139 Å². The maximum absolute atomic E-state index is 12.5. The van der Waals surface area contributed by atoms with Crippen LogP contribution in [0.25, 0.3) is 11.3 Å². The molecular weight excluding hydrogens is 310 g/mol. The summed E-state index contributed by atoms with van der Waals surface area (Å²) in [5.41, 5.74) is 7.09. The second-order valence-electron chi connectivity index (χ2n) is 5.16. The highest BCUT2D eigenvalue weighted by Gasteiger charge is 2.21. The maximum atomic E-state index is 12.5. The van der Waals surface area contributed by atoms with Crippen LogP contribution in [0.4, 0.5) is 5.69 Å². The summed E-state index contributed by atoms with van der Waals surface area (Å²) in [6.07, 6.45) is 3.04. The summed E-state index contributed by atoms with van der Waals surface area (Å²) in [4.78, 5) is 25.8. The van der Waals surface area contributed by atoms with Gasteiger partial charge in [0, 0.05) is 23.4 Å². The van der Waals surface area contributed by atoms with Crippen molar-refractivity contribution in [3.63, 3.8) is 0 Å². The van der Waals surface area contributed by atoms with E-state index in [1.165, 1.54) is 4.68 Å². The van der Waals surface area contributed by atoms with Gasteiger partial charge in [-0.1, -0.05) is 19.1 Å². The van der Waals surface area contributed by atoms with Crippen molar-refractivity contribution in [1.82, 2.24) is 9.78 Å². The molecule has 0 radical (unpaired) electrons. The Balaban J connectivity index is 2.70. The first-order valence-corrected chi connectivity index (χ1v) is 8.84. The first kappa shape index (κ1) is 17.3. The third-order valence-corrected chi connectivity index (χ3v) is 4.35. The molecule has 6 heteroatoms. The van der Waals surface area contributed by atoms with E-state index in [2.05, 4.69) is 5.10 Å². The molecule has 1 heterocycles. The highest BCUT2D eigenvalue weighted by Crippen LogP contribution is 2.27. The van der Waals surface area contributed by atoms with Gasteiger partial charge in [-0.15, -0.1) is 11.8 Å². The predicted octanol–water partition coefficient (Wildman–Crippen LogP) is 3.22. The second-order valence-corrected chi connectivity index (χ2v) is 6.04.